The molecule has 2 heterocycles. The van der Waals surface area contributed by atoms with Gasteiger partial charge in [-0.15, -0.1) is 11.8 Å². The molecule has 1 saturated heterocycles. The van der Waals surface area contributed by atoms with E-state index in [0.717, 1.165) is 34.8 Å². The number of nitrogens with zero attached hydrogens (tertiary/aromatic N) is 2. The number of hydrogen-bond acceptors (Lipinski definition) is 4. The second kappa shape index (κ2) is 8.69. The maximum Gasteiger partial charge on any atom is 0.237 e. The van der Waals surface area contributed by atoms with Crippen molar-refractivity contribution >= 4 is 40.9 Å². The lowest BCUT2D eigenvalue weighted by atomic mass is 10.2. The van der Waals surface area contributed by atoms with Crippen LogP contribution in [0.1, 0.15) is 24.8 Å². The number of rotatable bonds is 6. The van der Waals surface area contributed by atoms with Gasteiger partial charge in [0.2, 0.25) is 17.7 Å². The SMILES string of the molecule is O=C(CCN1C(=O)CSc2ccccc21)NCc1ccc(N2CCCC2=O)cc1. The van der Waals surface area contributed by atoms with Crippen LogP contribution in [0, 0.1) is 0 Å². The van der Waals surface area contributed by atoms with Crippen LogP contribution in [0.2, 0.25) is 0 Å². The van der Waals surface area contributed by atoms with E-state index in [1.807, 2.05) is 48.5 Å². The number of carbonyl (C=O) groups excluding carboxylic acids is 3. The molecular weight excluding hydrogens is 386 g/mol. The van der Waals surface area contributed by atoms with Gasteiger partial charge in [-0.3, -0.25) is 14.4 Å². The number of amides is 3. The molecular formula is C22H23N3O3S. The Morgan fingerprint density at radius 2 is 1.83 bits per heavy atom. The van der Waals surface area contributed by atoms with Gasteiger partial charge < -0.3 is 15.1 Å². The Bertz CT molecular complexity index is 929. The van der Waals surface area contributed by atoms with Crippen LogP contribution in [0.3, 0.4) is 0 Å². The molecule has 29 heavy (non-hydrogen) atoms. The molecule has 2 aromatic rings. The molecule has 1 N–H and O–H groups in total. The van der Waals surface area contributed by atoms with Gasteiger partial charge in [-0.05, 0) is 36.2 Å². The fourth-order valence-corrected chi connectivity index (χ4v) is 4.55. The van der Waals surface area contributed by atoms with E-state index >= 15 is 0 Å². The number of para-hydroxylation sites is 1. The molecule has 0 unspecified atom stereocenters. The van der Waals surface area contributed by atoms with Gasteiger partial charge in [-0.1, -0.05) is 24.3 Å². The van der Waals surface area contributed by atoms with Crippen molar-refractivity contribution in [1.82, 2.24) is 5.32 Å². The second-order valence-electron chi connectivity index (χ2n) is 7.14. The summed E-state index contributed by atoms with van der Waals surface area (Å²) in [7, 11) is 0. The van der Waals surface area contributed by atoms with E-state index < -0.39 is 0 Å². The van der Waals surface area contributed by atoms with Crippen molar-refractivity contribution in [2.75, 3.05) is 28.6 Å². The number of fused-ring (bicyclic) bond motifs is 1. The molecule has 0 atom stereocenters. The zero-order valence-electron chi connectivity index (χ0n) is 16.1. The Morgan fingerprint density at radius 1 is 1.03 bits per heavy atom. The molecule has 0 spiro atoms. The first-order valence-electron chi connectivity index (χ1n) is 9.80. The van der Waals surface area contributed by atoms with E-state index in [2.05, 4.69) is 5.32 Å². The molecule has 0 saturated carbocycles. The minimum atomic E-state index is -0.0905. The summed E-state index contributed by atoms with van der Waals surface area (Å²) in [4.78, 5) is 40.9. The third-order valence-corrected chi connectivity index (χ3v) is 6.23. The lowest BCUT2D eigenvalue weighted by molar-refractivity contribution is -0.121. The summed E-state index contributed by atoms with van der Waals surface area (Å²) in [6.45, 7) is 1.57. The Morgan fingerprint density at radius 3 is 2.59 bits per heavy atom. The van der Waals surface area contributed by atoms with Gasteiger partial charge in [0, 0.05) is 43.1 Å². The highest BCUT2D eigenvalue weighted by atomic mass is 32.2. The molecule has 1 fully saturated rings. The highest BCUT2D eigenvalue weighted by Gasteiger charge is 2.24. The van der Waals surface area contributed by atoms with E-state index in [1.54, 1.807) is 9.80 Å². The predicted octanol–water partition coefficient (Wildman–Crippen LogP) is 2.96. The van der Waals surface area contributed by atoms with Crippen LogP contribution in [0.5, 0.6) is 0 Å². The standard InChI is InChI=1S/C22H23N3O3S/c26-20(11-13-25-18-4-1-2-5-19(18)29-15-22(25)28)23-14-16-7-9-17(10-8-16)24-12-3-6-21(24)27/h1-2,4-5,7-10H,3,6,11-15H2,(H,23,26). The van der Waals surface area contributed by atoms with Crippen LogP contribution in [-0.2, 0) is 20.9 Å². The van der Waals surface area contributed by atoms with Crippen molar-refractivity contribution in [3.8, 4) is 0 Å². The lowest BCUT2D eigenvalue weighted by Gasteiger charge is -2.28. The topological polar surface area (TPSA) is 69.7 Å². The predicted molar refractivity (Wildman–Crippen MR) is 114 cm³/mol. The molecule has 2 aromatic carbocycles. The summed E-state index contributed by atoms with van der Waals surface area (Å²) in [5.74, 6) is 0.518. The van der Waals surface area contributed by atoms with Gasteiger partial charge in [0.05, 0.1) is 11.4 Å². The van der Waals surface area contributed by atoms with Crippen LogP contribution in [-0.4, -0.2) is 36.6 Å². The largest absolute Gasteiger partial charge is 0.352 e. The van der Waals surface area contributed by atoms with Crippen molar-refractivity contribution in [3.63, 3.8) is 0 Å². The Balaban J connectivity index is 1.28. The van der Waals surface area contributed by atoms with Gasteiger partial charge in [0.25, 0.3) is 0 Å². The fourth-order valence-electron chi connectivity index (χ4n) is 3.62. The number of carbonyl (C=O) groups is 3. The minimum absolute atomic E-state index is 0.0357. The summed E-state index contributed by atoms with van der Waals surface area (Å²) < 4.78 is 0. The lowest BCUT2D eigenvalue weighted by Crippen LogP contribution is -2.38. The van der Waals surface area contributed by atoms with Crippen molar-refractivity contribution < 1.29 is 14.4 Å². The second-order valence-corrected chi connectivity index (χ2v) is 8.16. The van der Waals surface area contributed by atoms with Crippen molar-refractivity contribution in [3.05, 3.63) is 54.1 Å². The fraction of sp³-hybridized carbons (Fsp3) is 0.318. The number of benzene rings is 2. The molecule has 0 aromatic heterocycles. The van der Waals surface area contributed by atoms with Gasteiger partial charge in [0.1, 0.15) is 0 Å². The van der Waals surface area contributed by atoms with Crippen molar-refractivity contribution in [2.24, 2.45) is 0 Å². The molecule has 7 heteroatoms. The smallest absolute Gasteiger partial charge is 0.237 e. The van der Waals surface area contributed by atoms with Gasteiger partial charge in [-0.2, -0.15) is 0 Å². The highest BCUT2D eigenvalue weighted by molar-refractivity contribution is 8.00. The molecule has 0 radical (unpaired) electrons. The van der Waals surface area contributed by atoms with Gasteiger partial charge in [-0.25, -0.2) is 0 Å². The molecule has 0 bridgehead atoms. The van der Waals surface area contributed by atoms with E-state index in [0.29, 0.717) is 25.3 Å². The molecule has 150 valence electrons. The minimum Gasteiger partial charge on any atom is -0.352 e. The third-order valence-electron chi connectivity index (χ3n) is 5.18. The number of thioether (sulfide) groups is 1. The molecule has 3 amide bonds. The summed E-state index contributed by atoms with van der Waals surface area (Å²) in [6.07, 6.45) is 1.77. The van der Waals surface area contributed by atoms with Crippen LogP contribution in [0.25, 0.3) is 0 Å². The Hall–Kier alpha value is -2.80. The zero-order valence-corrected chi connectivity index (χ0v) is 16.9. The Kier molecular flexibility index (Phi) is 5.85. The zero-order chi connectivity index (χ0) is 20.2. The number of nitrogens with one attached hydrogen (secondary N) is 1. The Labute approximate surface area is 174 Å². The first-order chi connectivity index (χ1) is 14.1. The normalized spacial score (nSPS) is 16.1. The van der Waals surface area contributed by atoms with E-state index in [4.69, 9.17) is 0 Å². The summed E-state index contributed by atoms with van der Waals surface area (Å²) in [5.41, 5.74) is 2.76. The van der Waals surface area contributed by atoms with Crippen molar-refractivity contribution in [2.45, 2.75) is 30.7 Å². The maximum absolute atomic E-state index is 12.3. The van der Waals surface area contributed by atoms with Crippen LogP contribution in [0.15, 0.2) is 53.4 Å². The molecule has 4 rings (SSSR count). The first-order valence-corrected chi connectivity index (χ1v) is 10.8. The van der Waals surface area contributed by atoms with E-state index in [1.165, 1.54) is 11.8 Å². The number of anilines is 2. The molecule has 2 aliphatic rings. The summed E-state index contributed by atoms with van der Waals surface area (Å²) >= 11 is 1.54. The monoisotopic (exact) mass is 409 g/mol. The molecule has 6 nitrogen and oxygen atoms in total. The highest BCUT2D eigenvalue weighted by Crippen LogP contribution is 2.34. The summed E-state index contributed by atoms with van der Waals surface area (Å²) in [5, 5.41) is 2.91. The van der Waals surface area contributed by atoms with Crippen LogP contribution < -0.4 is 15.1 Å². The van der Waals surface area contributed by atoms with Gasteiger partial charge >= 0.3 is 0 Å². The average Bonchev–Trinajstić information content (AvgIpc) is 3.18. The summed E-state index contributed by atoms with van der Waals surface area (Å²) in [6, 6.07) is 15.5. The van der Waals surface area contributed by atoms with E-state index in [9.17, 15) is 14.4 Å². The van der Waals surface area contributed by atoms with Gasteiger partial charge in [0.15, 0.2) is 0 Å². The number of hydrogen-bond donors (Lipinski definition) is 1. The molecule has 2 aliphatic heterocycles. The average molecular weight is 410 g/mol. The maximum atomic E-state index is 12.3. The van der Waals surface area contributed by atoms with E-state index in [-0.39, 0.29) is 24.1 Å². The van der Waals surface area contributed by atoms with Crippen LogP contribution in [0.4, 0.5) is 11.4 Å². The first kappa shape index (κ1) is 19.5. The molecule has 0 aliphatic carbocycles. The van der Waals surface area contributed by atoms with Crippen LogP contribution >= 0.6 is 11.8 Å². The quantitative estimate of drug-likeness (QED) is 0.796. The third kappa shape index (κ3) is 4.45. The van der Waals surface area contributed by atoms with Crippen molar-refractivity contribution in [1.29, 1.82) is 0 Å².